The van der Waals surface area contributed by atoms with Crippen LogP contribution in [-0.4, -0.2) is 0 Å². The van der Waals surface area contributed by atoms with Crippen LogP contribution < -0.4 is 0 Å². The molecule has 0 heterocycles. The quantitative estimate of drug-likeness (QED) is 0.741. The second-order valence-corrected chi connectivity index (χ2v) is 6.29. The summed E-state index contributed by atoms with van der Waals surface area (Å²) in [6, 6.07) is 10.0. The zero-order valence-corrected chi connectivity index (χ0v) is 10.6. The van der Waals surface area contributed by atoms with Crippen LogP contribution in [0.5, 0.6) is 0 Å². The number of benzene rings is 1. The van der Waals surface area contributed by atoms with Crippen LogP contribution in [-0.2, 0) is 0 Å². The predicted octanol–water partition coefficient (Wildman–Crippen LogP) is 3.71. The van der Waals surface area contributed by atoms with Gasteiger partial charge in [0.2, 0.25) is 0 Å². The molecule has 0 spiro atoms. The van der Waals surface area contributed by atoms with Gasteiger partial charge in [-0.05, 0) is 5.56 Å². The van der Waals surface area contributed by atoms with Gasteiger partial charge in [-0.3, -0.25) is 0 Å². The van der Waals surface area contributed by atoms with Crippen LogP contribution in [0, 0.1) is 34.4 Å². The van der Waals surface area contributed by atoms with Crippen LogP contribution in [0.25, 0.3) is 6.08 Å². The Morgan fingerprint density at radius 1 is 1.18 bits per heavy atom. The first-order chi connectivity index (χ1) is 5.35. The van der Waals surface area contributed by atoms with Crippen molar-refractivity contribution in [1.82, 2.24) is 0 Å². The molecule has 0 nitrogen and oxygen atoms in total. The fraction of sp³-hybridized carbons (Fsp3) is 0. The summed E-state index contributed by atoms with van der Waals surface area (Å²) in [5.74, 6) is 0. The molecule has 1 aromatic carbocycles. The van der Waals surface area contributed by atoms with Crippen LogP contribution in [0.2, 0.25) is 0 Å². The fourth-order valence-corrected chi connectivity index (χ4v) is 0.589. The van der Waals surface area contributed by atoms with Gasteiger partial charge in [0.05, 0.1) is 0 Å². The van der Waals surface area contributed by atoms with Gasteiger partial charge in [0.15, 0.2) is 0 Å². The van der Waals surface area contributed by atoms with E-state index in [2.05, 4.69) is 6.58 Å². The molecule has 0 saturated carbocycles. The molecule has 0 aliphatic carbocycles. The second kappa shape index (κ2) is 9.01. The van der Waals surface area contributed by atoms with E-state index in [4.69, 9.17) is 11.3 Å². The van der Waals surface area contributed by atoms with Crippen LogP contribution in [0.1, 0.15) is 5.56 Å². The summed E-state index contributed by atoms with van der Waals surface area (Å²) in [4.78, 5) is 0. The molecular formula is C8H8CeCl2. The van der Waals surface area contributed by atoms with E-state index in [9.17, 15) is 0 Å². The van der Waals surface area contributed by atoms with Crippen LogP contribution in [0.4, 0.5) is 0 Å². The summed E-state index contributed by atoms with van der Waals surface area (Å²) in [5.41, 5.74) is 11.1. The number of hydrogen-bond donors (Lipinski definition) is 0. The summed E-state index contributed by atoms with van der Waals surface area (Å²) in [6.45, 7) is 3.63. The summed E-state index contributed by atoms with van der Waals surface area (Å²) < 4.78 is 0. The van der Waals surface area contributed by atoms with E-state index < -0.39 is 34.4 Å². The molecule has 11 heavy (non-hydrogen) atoms. The molecule has 1 rings (SSSR count). The van der Waals surface area contributed by atoms with E-state index in [1.165, 1.54) is 5.56 Å². The van der Waals surface area contributed by atoms with Crippen molar-refractivity contribution in [2.45, 2.75) is 0 Å². The Labute approximate surface area is 92.7 Å². The topological polar surface area (TPSA) is 0 Å². The minimum atomic E-state index is -0.972. The fourth-order valence-electron chi connectivity index (χ4n) is 0.589. The van der Waals surface area contributed by atoms with Gasteiger partial charge in [-0.1, -0.05) is 43.0 Å². The summed E-state index contributed by atoms with van der Waals surface area (Å²) >= 11 is -0.972. The predicted molar refractivity (Wildman–Crippen MR) is 48.2 cm³/mol. The van der Waals surface area contributed by atoms with Crippen molar-refractivity contribution in [3.63, 3.8) is 0 Å². The Morgan fingerprint density at radius 2 is 1.64 bits per heavy atom. The summed E-state index contributed by atoms with van der Waals surface area (Å²) in [6.07, 6.45) is 1.83. The van der Waals surface area contributed by atoms with Crippen molar-refractivity contribution in [1.29, 1.82) is 0 Å². The monoisotopic (exact) mass is 314 g/mol. The van der Waals surface area contributed by atoms with Gasteiger partial charge >= 0.3 is 45.6 Å². The molecule has 0 aliphatic rings. The van der Waals surface area contributed by atoms with Gasteiger partial charge in [-0.15, -0.1) is 0 Å². The van der Waals surface area contributed by atoms with E-state index in [0.717, 1.165) is 0 Å². The molecule has 3 heteroatoms. The minimum absolute atomic E-state index is 0.972. The Bertz CT molecular complexity index is 187. The summed E-state index contributed by atoms with van der Waals surface area (Å²) in [7, 11) is 0. The van der Waals surface area contributed by atoms with Crippen LogP contribution in [0.3, 0.4) is 0 Å². The van der Waals surface area contributed by atoms with Gasteiger partial charge in [-0.2, -0.15) is 0 Å². The molecule has 0 radical (unpaired) electrons. The van der Waals surface area contributed by atoms with Crippen molar-refractivity contribution in [3.05, 3.63) is 42.5 Å². The molecule has 0 amide bonds. The van der Waals surface area contributed by atoms with Gasteiger partial charge in [0.1, 0.15) is 0 Å². The Kier molecular flexibility index (Phi) is 9.76. The zero-order valence-electron chi connectivity index (χ0n) is 5.93. The molecule has 0 bridgehead atoms. The summed E-state index contributed by atoms with van der Waals surface area (Å²) in [5, 5.41) is 0. The van der Waals surface area contributed by atoms with Gasteiger partial charge < -0.3 is 0 Å². The normalized spacial score (nSPS) is 7.45. The van der Waals surface area contributed by atoms with Crippen molar-refractivity contribution >= 4 is 17.3 Å². The molecule has 0 aromatic heterocycles. The third-order valence-corrected chi connectivity index (χ3v) is 1.04. The number of hydrogen-bond acceptors (Lipinski definition) is 0. The standard InChI is InChI=1S/C8H8.Ce.2ClH/c1-2-8-6-4-3-5-7-8;;;/h2-7H,1H2;;2*1H/q;+2;;/p-2. The Hall–Kier alpha value is 0.917. The second-order valence-electron chi connectivity index (χ2n) is 1.69. The third-order valence-electron chi connectivity index (χ3n) is 1.04. The molecule has 0 atom stereocenters. The molecule has 58 valence electrons. The zero-order chi connectivity index (χ0) is 8.53. The van der Waals surface area contributed by atoms with Crippen molar-refractivity contribution in [2.75, 3.05) is 0 Å². The maximum absolute atomic E-state index is 4.96. The molecule has 0 N–H and O–H groups in total. The van der Waals surface area contributed by atoms with Crippen molar-refractivity contribution in [3.8, 4) is 0 Å². The van der Waals surface area contributed by atoms with Gasteiger partial charge in [0.25, 0.3) is 0 Å². The van der Waals surface area contributed by atoms with Gasteiger partial charge in [0, 0.05) is 0 Å². The van der Waals surface area contributed by atoms with Crippen molar-refractivity contribution < 1.29 is 34.4 Å². The SMILES string of the molecule is C=Cc1ccccc1.[Cl][Ce][Cl]. The average molecular weight is 315 g/mol. The molecule has 0 unspecified atom stereocenters. The molecular weight excluding hydrogens is 307 g/mol. The van der Waals surface area contributed by atoms with Crippen molar-refractivity contribution in [2.24, 2.45) is 0 Å². The maximum atomic E-state index is 4.96. The third kappa shape index (κ3) is 7.28. The number of rotatable bonds is 1. The first-order valence-electron chi connectivity index (χ1n) is 2.99. The number of halogens is 2. The van der Waals surface area contributed by atoms with E-state index in [0.29, 0.717) is 0 Å². The molecule has 0 saturated heterocycles. The Morgan fingerprint density at radius 3 is 1.91 bits per heavy atom. The molecule has 1 aromatic rings. The van der Waals surface area contributed by atoms with Crippen LogP contribution >= 0.6 is 11.3 Å². The first-order valence-corrected chi connectivity index (χ1v) is 10.9. The average Bonchev–Trinajstić information content (AvgIpc) is 2.08. The molecule has 0 fully saturated rings. The Balaban J connectivity index is 0.000000292. The van der Waals surface area contributed by atoms with E-state index in [-0.39, 0.29) is 0 Å². The van der Waals surface area contributed by atoms with Gasteiger partial charge in [-0.25, -0.2) is 0 Å². The van der Waals surface area contributed by atoms with E-state index >= 15 is 0 Å². The molecule has 0 aliphatic heterocycles. The first kappa shape index (κ1) is 11.9. The van der Waals surface area contributed by atoms with Crippen LogP contribution in [0.15, 0.2) is 36.9 Å². The van der Waals surface area contributed by atoms with E-state index in [1.54, 1.807) is 0 Å². The van der Waals surface area contributed by atoms with E-state index in [1.807, 2.05) is 36.4 Å².